The first-order valence-corrected chi connectivity index (χ1v) is 5.67. The van der Waals surface area contributed by atoms with Gasteiger partial charge in [0.1, 0.15) is 0 Å². The largest absolute Gasteiger partial charge is 0.392 e. The van der Waals surface area contributed by atoms with Crippen molar-refractivity contribution in [3.63, 3.8) is 0 Å². The van der Waals surface area contributed by atoms with Gasteiger partial charge in [0.25, 0.3) is 0 Å². The van der Waals surface area contributed by atoms with Gasteiger partial charge in [-0.25, -0.2) is 4.98 Å². The predicted molar refractivity (Wildman–Crippen MR) is 58.4 cm³/mol. The number of aliphatic hydroxyl groups excluding tert-OH is 1. The van der Waals surface area contributed by atoms with Crippen LogP contribution in [0, 0.1) is 6.92 Å². The van der Waals surface area contributed by atoms with Crippen LogP contribution < -0.4 is 5.32 Å². The van der Waals surface area contributed by atoms with Crippen molar-refractivity contribution in [1.82, 2.24) is 15.3 Å². The second-order valence-corrected chi connectivity index (χ2v) is 4.31. The lowest BCUT2D eigenvalue weighted by Gasteiger charge is -2.28. The lowest BCUT2D eigenvalue weighted by Crippen LogP contribution is -2.41. The van der Waals surface area contributed by atoms with Crippen molar-refractivity contribution in [2.75, 3.05) is 0 Å². The van der Waals surface area contributed by atoms with Gasteiger partial charge in [0, 0.05) is 18.3 Å². The molecule has 1 aromatic heterocycles. The van der Waals surface area contributed by atoms with Crippen molar-refractivity contribution in [2.24, 2.45) is 0 Å². The summed E-state index contributed by atoms with van der Waals surface area (Å²) in [6.45, 7) is 2.76. The average molecular weight is 209 g/mol. The number of aliphatic hydroxyl groups is 1. The Hall–Kier alpha value is -0.870. The van der Waals surface area contributed by atoms with Crippen LogP contribution in [0.25, 0.3) is 0 Å². The standard InChI is InChI=1S/C11H19N3O/c1-8-10(14-7-13-8)6-12-9-4-2-3-5-11(9)15/h7,9,11-12,15H,2-6H2,1H3,(H,13,14). The molecule has 84 valence electrons. The van der Waals surface area contributed by atoms with Crippen molar-refractivity contribution >= 4 is 0 Å². The molecule has 2 atom stereocenters. The van der Waals surface area contributed by atoms with E-state index >= 15 is 0 Å². The summed E-state index contributed by atoms with van der Waals surface area (Å²) < 4.78 is 0. The molecule has 0 spiro atoms. The molecule has 1 fully saturated rings. The van der Waals surface area contributed by atoms with Gasteiger partial charge < -0.3 is 15.4 Å². The lowest BCUT2D eigenvalue weighted by atomic mass is 9.92. The van der Waals surface area contributed by atoms with E-state index in [1.54, 1.807) is 6.33 Å². The minimum atomic E-state index is -0.182. The maximum absolute atomic E-state index is 9.78. The van der Waals surface area contributed by atoms with Gasteiger partial charge in [0.15, 0.2) is 0 Å². The number of imidazole rings is 1. The van der Waals surface area contributed by atoms with Gasteiger partial charge in [-0.1, -0.05) is 12.8 Å². The topological polar surface area (TPSA) is 60.9 Å². The molecule has 0 amide bonds. The van der Waals surface area contributed by atoms with E-state index in [2.05, 4.69) is 15.3 Å². The van der Waals surface area contributed by atoms with E-state index in [1.165, 1.54) is 6.42 Å². The highest BCUT2D eigenvalue weighted by atomic mass is 16.3. The van der Waals surface area contributed by atoms with E-state index in [0.29, 0.717) is 0 Å². The molecule has 0 saturated heterocycles. The Labute approximate surface area is 90.1 Å². The van der Waals surface area contributed by atoms with Crippen LogP contribution in [-0.2, 0) is 6.54 Å². The van der Waals surface area contributed by atoms with Crippen molar-refractivity contribution in [1.29, 1.82) is 0 Å². The van der Waals surface area contributed by atoms with E-state index in [9.17, 15) is 5.11 Å². The second-order valence-electron chi connectivity index (χ2n) is 4.31. The van der Waals surface area contributed by atoms with Crippen molar-refractivity contribution in [3.05, 3.63) is 17.7 Å². The molecule has 1 aliphatic carbocycles. The number of aryl methyl sites for hydroxylation is 1. The van der Waals surface area contributed by atoms with E-state index in [-0.39, 0.29) is 12.1 Å². The first-order valence-electron chi connectivity index (χ1n) is 5.67. The molecule has 4 heteroatoms. The highest BCUT2D eigenvalue weighted by Gasteiger charge is 2.22. The smallest absolute Gasteiger partial charge is 0.0925 e. The zero-order valence-electron chi connectivity index (χ0n) is 9.16. The van der Waals surface area contributed by atoms with Gasteiger partial charge >= 0.3 is 0 Å². The molecule has 0 radical (unpaired) electrons. The van der Waals surface area contributed by atoms with Crippen LogP contribution in [0.4, 0.5) is 0 Å². The maximum atomic E-state index is 9.78. The number of hydrogen-bond donors (Lipinski definition) is 3. The monoisotopic (exact) mass is 209 g/mol. The number of rotatable bonds is 3. The quantitative estimate of drug-likeness (QED) is 0.699. The van der Waals surface area contributed by atoms with E-state index < -0.39 is 0 Å². The number of nitrogens with zero attached hydrogens (tertiary/aromatic N) is 1. The van der Waals surface area contributed by atoms with Crippen LogP contribution in [0.15, 0.2) is 6.33 Å². The first kappa shape index (κ1) is 10.6. The minimum Gasteiger partial charge on any atom is -0.392 e. The number of H-pyrrole nitrogens is 1. The van der Waals surface area contributed by atoms with Gasteiger partial charge in [-0.2, -0.15) is 0 Å². The van der Waals surface area contributed by atoms with E-state index in [0.717, 1.165) is 37.2 Å². The molecule has 0 aromatic carbocycles. The lowest BCUT2D eigenvalue weighted by molar-refractivity contribution is 0.0901. The van der Waals surface area contributed by atoms with Crippen molar-refractivity contribution in [3.8, 4) is 0 Å². The molecule has 1 saturated carbocycles. The molecule has 1 heterocycles. The SMILES string of the molecule is Cc1[nH]cnc1CNC1CCCCC1O. The molecule has 15 heavy (non-hydrogen) atoms. The van der Waals surface area contributed by atoms with Crippen molar-refractivity contribution in [2.45, 2.75) is 51.3 Å². The van der Waals surface area contributed by atoms with Crippen molar-refractivity contribution < 1.29 is 5.11 Å². The first-order chi connectivity index (χ1) is 7.27. The van der Waals surface area contributed by atoms with Crippen LogP contribution in [-0.4, -0.2) is 27.2 Å². The summed E-state index contributed by atoms with van der Waals surface area (Å²) in [5.41, 5.74) is 2.15. The fourth-order valence-electron chi connectivity index (χ4n) is 2.14. The number of aromatic amines is 1. The van der Waals surface area contributed by atoms with Crippen LogP contribution in [0.3, 0.4) is 0 Å². The molecule has 4 nitrogen and oxygen atoms in total. The van der Waals surface area contributed by atoms with Crippen LogP contribution in [0.2, 0.25) is 0 Å². The van der Waals surface area contributed by atoms with E-state index in [1.807, 2.05) is 6.92 Å². The van der Waals surface area contributed by atoms with Crippen LogP contribution in [0.5, 0.6) is 0 Å². The Balaban J connectivity index is 1.84. The fourth-order valence-corrected chi connectivity index (χ4v) is 2.14. The van der Waals surface area contributed by atoms with E-state index in [4.69, 9.17) is 0 Å². The molecular formula is C11H19N3O. The molecule has 0 aliphatic heterocycles. The summed E-state index contributed by atoms with van der Waals surface area (Å²) in [4.78, 5) is 7.28. The van der Waals surface area contributed by atoms with Gasteiger partial charge in [-0.15, -0.1) is 0 Å². The Morgan fingerprint density at radius 2 is 2.33 bits per heavy atom. The predicted octanol–water partition coefficient (Wildman–Crippen LogP) is 1.11. The Kier molecular flexibility index (Phi) is 3.38. The third-order valence-corrected chi connectivity index (χ3v) is 3.20. The molecule has 2 rings (SSSR count). The third kappa shape index (κ3) is 2.58. The Morgan fingerprint density at radius 3 is 3.00 bits per heavy atom. The summed E-state index contributed by atoms with van der Waals surface area (Å²) >= 11 is 0. The van der Waals surface area contributed by atoms with Gasteiger partial charge in [0.2, 0.25) is 0 Å². The van der Waals surface area contributed by atoms with Gasteiger partial charge in [-0.3, -0.25) is 0 Å². The molecule has 2 unspecified atom stereocenters. The Morgan fingerprint density at radius 1 is 1.53 bits per heavy atom. The Bertz CT molecular complexity index is 311. The number of aromatic nitrogens is 2. The fraction of sp³-hybridized carbons (Fsp3) is 0.727. The maximum Gasteiger partial charge on any atom is 0.0925 e. The zero-order valence-corrected chi connectivity index (χ0v) is 9.16. The second kappa shape index (κ2) is 4.77. The van der Waals surface area contributed by atoms with Crippen LogP contribution in [0.1, 0.15) is 37.1 Å². The van der Waals surface area contributed by atoms with Gasteiger partial charge in [0.05, 0.1) is 18.1 Å². The molecule has 1 aromatic rings. The number of hydrogen-bond acceptors (Lipinski definition) is 3. The highest BCUT2D eigenvalue weighted by Crippen LogP contribution is 2.18. The highest BCUT2D eigenvalue weighted by molar-refractivity contribution is 5.08. The third-order valence-electron chi connectivity index (χ3n) is 3.20. The summed E-state index contributed by atoms with van der Waals surface area (Å²) in [7, 11) is 0. The number of nitrogens with one attached hydrogen (secondary N) is 2. The summed E-state index contributed by atoms with van der Waals surface area (Å²) in [5, 5.41) is 13.2. The molecule has 0 bridgehead atoms. The zero-order chi connectivity index (χ0) is 10.7. The summed E-state index contributed by atoms with van der Waals surface area (Å²) in [6.07, 6.45) is 5.90. The minimum absolute atomic E-state index is 0.182. The molecule has 3 N–H and O–H groups in total. The average Bonchev–Trinajstić information content (AvgIpc) is 2.63. The molecule has 1 aliphatic rings. The molecular weight excluding hydrogens is 190 g/mol. The normalized spacial score (nSPS) is 26.8. The van der Waals surface area contributed by atoms with Gasteiger partial charge in [-0.05, 0) is 19.8 Å². The summed E-state index contributed by atoms with van der Waals surface area (Å²) in [5.74, 6) is 0. The summed E-state index contributed by atoms with van der Waals surface area (Å²) in [6, 6.07) is 0.245. The van der Waals surface area contributed by atoms with Crippen LogP contribution >= 0.6 is 0 Å².